The SMILES string of the molecule is CCCS(=O)(=O)c1ccccc1C(=O)Nc1cccc(C2(C)NC(=O)NC2=O)c1. The van der Waals surface area contributed by atoms with Gasteiger partial charge in [-0.05, 0) is 43.2 Å². The summed E-state index contributed by atoms with van der Waals surface area (Å²) in [5, 5.41) is 7.42. The lowest BCUT2D eigenvalue weighted by Gasteiger charge is -2.21. The second-order valence-corrected chi connectivity index (χ2v) is 8.96. The van der Waals surface area contributed by atoms with Crippen LogP contribution in [0.4, 0.5) is 10.5 Å². The van der Waals surface area contributed by atoms with Gasteiger partial charge in [-0.2, -0.15) is 0 Å². The quantitative estimate of drug-likeness (QED) is 0.625. The first-order valence-corrected chi connectivity index (χ1v) is 10.7. The van der Waals surface area contributed by atoms with Crippen molar-refractivity contribution in [1.29, 1.82) is 0 Å². The molecule has 2 aromatic rings. The van der Waals surface area contributed by atoms with Gasteiger partial charge in [-0.1, -0.05) is 31.2 Å². The van der Waals surface area contributed by atoms with E-state index >= 15 is 0 Å². The molecule has 1 heterocycles. The fourth-order valence-corrected chi connectivity index (χ4v) is 4.70. The van der Waals surface area contributed by atoms with Crippen molar-refractivity contribution < 1.29 is 22.8 Å². The lowest BCUT2D eigenvalue weighted by Crippen LogP contribution is -2.40. The molecule has 0 radical (unpaired) electrons. The Bertz CT molecular complexity index is 1100. The third-order valence-electron chi connectivity index (χ3n) is 4.68. The summed E-state index contributed by atoms with van der Waals surface area (Å²) >= 11 is 0. The Hall–Kier alpha value is -3.20. The highest BCUT2D eigenvalue weighted by Gasteiger charge is 2.43. The van der Waals surface area contributed by atoms with Gasteiger partial charge in [-0.15, -0.1) is 0 Å². The van der Waals surface area contributed by atoms with E-state index in [0.29, 0.717) is 17.7 Å². The Morgan fingerprint density at radius 1 is 1.10 bits per heavy atom. The topological polar surface area (TPSA) is 121 Å². The molecule has 3 rings (SSSR count). The number of amides is 4. The summed E-state index contributed by atoms with van der Waals surface area (Å²) in [5.74, 6) is -1.13. The predicted molar refractivity (Wildman–Crippen MR) is 107 cm³/mol. The van der Waals surface area contributed by atoms with Crippen LogP contribution in [0.2, 0.25) is 0 Å². The number of carbonyl (C=O) groups excluding carboxylic acids is 3. The van der Waals surface area contributed by atoms with Crippen LogP contribution in [0.3, 0.4) is 0 Å². The molecule has 1 aliphatic heterocycles. The van der Waals surface area contributed by atoms with Gasteiger partial charge in [0.15, 0.2) is 9.84 Å². The molecule has 0 aliphatic carbocycles. The van der Waals surface area contributed by atoms with Crippen molar-refractivity contribution >= 4 is 33.4 Å². The number of imide groups is 1. The summed E-state index contributed by atoms with van der Waals surface area (Å²) < 4.78 is 25.0. The van der Waals surface area contributed by atoms with Crippen molar-refractivity contribution in [2.45, 2.75) is 30.7 Å². The van der Waals surface area contributed by atoms with E-state index in [0.717, 1.165) is 0 Å². The first kappa shape index (κ1) is 20.5. The molecule has 152 valence electrons. The molecular formula is C20H21N3O5S. The third-order valence-corrected chi connectivity index (χ3v) is 6.65. The zero-order valence-corrected chi connectivity index (χ0v) is 16.8. The number of hydrogen-bond donors (Lipinski definition) is 3. The molecule has 1 aliphatic rings. The second-order valence-electron chi connectivity index (χ2n) is 6.88. The van der Waals surface area contributed by atoms with Gasteiger partial charge in [0.1, 0.15) is 5.54 Å². The van der Waals surface area contributed by atoms with Crippen LogP contribution in [0.15, 0.2) is 53.4 Å². The van der Waals surface area contributed by atoms with Gasteiger partial charge < -0.3 is 10.6 Å². The lowest BCUT2D eigenvalue weighted by molar-refractivity contribution is -0.123. The Morgan fingerprint density at radius 3 is 2.48 bits per heavy atom. The number of urea groups is 1. The van der Waals surface area contributed by atoms with Gasteiger partial charge in [0.2, 0.25) is 0 Å². The molecule has 1 saturated heterocycles. The van der Waals surface area contributed by atoms with Crippen LogP contribution in [0, 0.1) is 0 Å². The number of benzene rings is 2. The zero-order valence-electron chi connectivity index (χ0n) is 16.0. The highest BCUT2D eigenvalue weighted by atomic mass is 32.2. The number of anilines is 1. The molecular weight excluding hydrogens is 394 g/mol. The Labute approximate surface area is 168 Å². The van der Waals surface area contributed by atoms with Crippen LogP contribution in [-0.4, -0.2) is 32.0 Å². The molecule has 0 saturated carbocycles. The molecule has 2 aromatic carbocycles. The fraction of sp³-hybridized carbons (Fsp3) is 0.250. The first-order chi connectivity index (χ1) is 13.7. The fourth-order valence-electron chi connectivity index (χ4n) is 3.16. The smallest absolute Gasteiger partial charge is 0.322 e. The molecule has 1 atom stereocenters. The Kier molecular flexibility index (Phi) is 5.43. The van der Waals surface area contributed by atoms with Crippen LogP contribution < -0.4 is 16.0 Å². The predicted octanol–water partition coefficient (Wildman–Crippen LogP) is 2.18. The van der Waals surface area contributed by atoms with Crippen molar-refractivity contribution in [3.05, 3.63) is 59.7 Å². The van der Waals surface area contributed by atoms with Crippen LogP contribution in [0.5, 0.6) is 0 Å². The van der Waals surface area contributed by atoms with Gasteiger partial charge in [0, 0.05) is 5.69 Å². The van der Waals surface area contributed by atoms with Crippen molar-refractivity contribution in [3.63, 3.8) is 0 Å². The molecule has 3 N–H and O–H groups in total. The normalized spacial score (nSPS) is 18.8. The van der Waals surface area contributed by atoms with E-state index in [-0.39, 0.29) is 16.2 Å². The Balaban J connectivity index is 1.90. The maximum Gasteiger partial charge on any atom is 0.322 e. The van der Waals surface area contributed by atoms with E-state index in [4.69, 9.17) is 0 Å². The molecule has 8 nitrogen and oxygen atoms in total. The Morgan fingerprint density at radius 2 is 1.83 bits per heavy atom. The summed E-state index contributed by atoms with van der Waals surface area (Å²) in [6, 6.07) is 11.9. The van der Waals surface area contributed by atoms with E-state index in [9.17, 15) is 22.8 Å². The minimum absolute atomic E-state index is 0.0232. The van der Waals surface area contributed by atoms with Crippen LogP contribution >= 0.6 is 0 Å². The lowest BCUT2D eigenvalue weighted by atomic mass is 9.92. The van der Waals surface area contributed by atoms with Crippen molar-refractivity contribution in [2.75, 3.05) is 11.1 Å². The minimum atomic E-state index is -3.58. The number of rotatable bonds is 6. The van der Waals surface area contributed by atoms with Crippen LogP contribution in [0.25, 0.3) is 0 Å². The summed E-state index contributed by atoms with van der Waals surface area (Å²) in [6.45, 7) is 3.31. The molecule has 9 heteroatoms. The molecule has 1 fully saturated rings. The number of nitrogens with one attached hydrogen (secondary N) is 3. The molecule has 4 amide bonds. The molecule has 0 bridgehead atoms. The van der Waals surface area contributed by atoms with Crippen molar-refractivity contribution in [3.8, 4) is 0 Å². The summed E-state index contributed by atoms with van der Waals surface area (Å²) in [5.41, 5.74) is -0.374. The van der Waals surface area contributed by atoms with E-state index in [1.54, 1.807) is 50.2 Å². The van der Waals surface area contributed by atoms with E-state index in [2.05, 4.69) is 16.0 Å². The van der Waals surface area contributed by atoms with Crippen LogP contribution in [0.1, 0.15) is 36.2 Å². The van der Waals surface area contributed by atoms with Crippen molar-refractivity contribution in [1.82, 2.24) is 10.6 Å². The van der Waals surface area contributed by atoms with Gasteiger partial charge in [-0.3, -0.25) is 14.9 Å². The van der Waals surface area contributed by atoms with Crippen molar-refractivity contribution in [2.24, 2.45) is 0 Å². The zero-order chi connectivity index (χ0) is 21.2. The van der Waals surface area contributed by atoms with Gasteiger partial charge in [0.05, 0.1) is 16.2 Å². The third kappa shape index (κ3) is 4.00. The molecule has 1 unspecified atom stereocenters. The van der Waals surface area contributed by atoms with Gasteiger partial charge >= 0.3 is 6.03 Å². The number of carbonyl (C=O) groups is 3. The largest absolute Gasteiger partial charge is 0.322 e. The van der Waals surface area contributed by atoms with E-state index in [1.807, 2.05) is 0 Å². The summed E-state index contributed by atoms with van der Waals surface area (Å²) in [7, 11) is -3.58. The maximum absolute atomic E-state index is 12.8. The highest BCUT2D eigenvalue weighted by molar-refractivity contribution is 7.91. The average molecular weight is 415 g/mol. The molecule has 0 aromatic heterocycles. The summed E-state index contributed by atoms with van der Waals surface area (Å²) in [4.78, 5) is 36.4. The maximum atomic E-state index is 12.8. The average Bonchev–Trinajstić information content (AvgIpc) is 2.94. The van der Waals surface area contributed by atoms with Crippen LogP contribution in [-0.2, 0) is 20.2 Å². The van der Waals surface area contributed by atoms with E-state index in [1.165, 1.54) is 12.1 Å². The number of sulfone groups is 1. The summed E-state index contributed by atoms with van der Waals surface area (Å²) in [6.07, 6.45) is 0.437. The first-order valence-electron chi connectivity index (χ1n) is 9.04. The minimum Gasteiger partial charge on any atom is -0.322 e. The molecule has 0 spiro atoms. The highest BCUT2D eigenvalue weighted by Crippen LogP contribution is 2.27. The number of hydrogen-bond acceptors (Lipinski definition) is 5. The second kappa shape index (κ2) is 7.67. The van der Waals surface area contributed by atoms with Gasteiger partial charge in [-0.25, -0.2) is 13.2 Å². The molecule has 29 heavy (non-hydrogen) atoms. The monoisotopic (exact) mass is 415 g/mol. The standard InChI is InChI=1S/C20H21N3O5S/c1-3-11-29(27,28)16-10-5-4-9-15(16)17(24)21-14-8-6-7-13(12-14)20(2)18(25)22-19(26)23-20/h4-10,12H,3,11H2,1-2H3,(H,21,24)(H2,22,23,25,26). The van der Waals surface area contributed by atoms with E-state index < -0.39 is 33.2 Å². The van der Waals surface area contributed by atoms with Gasteiger partial charge in [0.25, 0.3) is 11.8 Å².